The number of ether oxygens (including phenoxy) is 1. The molecule has 0 heterocycles. The van der Waals surface area contributed by atoms with Crippen LogP contribution in [0.4, 0.5) is 5.69 Å². The molecule has 0 saturated heterocycles. The Hall–Kier alpha value is -2.24. The summed E-state index contributed by atoms with van der Waals surface area (Å²) in [5.41, 5.74) is 1.81. The average Bonchev–Trinajstić information content (AvgIpc) is 2.61. The topological polar surface area (TPSA) is 67.4 Å². The van der Waals surface area contributed by atoms with Gasteiger partial charge in [0.1, 0.15) is 0 Å². The number of carbonyl (C=O) groups is 2. The minimum Gasteiger partial charge on any atom is -0.452 e. The minimum atomic E-state index is -0.567. The highest BCUT2D eigenvalue weighted by Gasteiger charge is 2.15. The highest BCUT2D eigenvalue weighted by molar-refractivity contribution is 6.42. The van der Waals surface area contributed by atoms with Crippen LogP contribution in [-0.2, 0) is 9.53 Å². The molecular formula is C18H18Cl2N2O3. The molecule has 7 heteroatoms. The van der Waals surface area contributed by atoms with Crippen molar-refractivity contribution in [3.63, 3.8) is 0 Å². The van der Waals surface area contributed by atoms with Gasteiger partial charge in [-0.1, -0.05) is 41.4 Å². The molecule has 0 aliphatic carbocycles. The summed E-state index contributed by atoms with van der Waals surface area (Å²) in [6, 6.07) is 11.7. The Balaban J connectivity index is 1.91. The van der Waals surface area contributed by atoms with Crippen molar-refractivity contribution in [1.82, 2.24) is 5.32 Å². The first-order valence-electron chi connectivity index (χ1n) is 7.60. The molecule has 0 aliphatic rings. The molecule has 0 spiro atoms. The predicted molar refractivity (Wildman–Crippen MR) is 99.3 cm³/mol. The second-order valence-corrected chi connectivity index (χ2v) is 6.15. The molecule has 2 N–H and O–H groups in total. The Labute approximate surface area is 156 Å². The second kappa shape index (κ2) is 8.74. The molecule has 2 aromatic carbocycles. The minimum absolute atomic E-state index is 0.300. The number of nitrogens with one attached hydrogen (secondary N) is 2. The van der Waals surface area contributed by atoms with Gasteiger partial charge in [-0.05, 0) is 36.8 Å². The summed E-state index contributed by atoms with van der Waals surface area (Å²) in [5.74, 6) is -0.976. The quantitative estimate of drug-likeness (QED) is 0.741. The van der Waals surface area contributed by atoms with Crippen LogP contribution in [0.2, 0.25) is 10.0 Å². The zero-order chi connectivity index (χ0) is 18.4. The van der Waals surface area contributed by atoms with E-state index in [1.165, 1.54) is 0 Å². The van der Waals surface area contributed by atoms with Gasteiger partial charge in [-0.15, -0.1) is 0 Å². The molecule has 1 unspecified atom stereocenters. The van der Waals surface area contributed by atoms with Gasteiger partial charge in [0.2, 0.25) is 0 Å². The van der Waals surface area contributed by atoms with E-state index in [1.54, 1.807) is 56.4 Å². The summed E-state index contributed by atoms with van der Waals surface area (Å²) in [5, 5.41) is 6.51. The molecule has 1 atom stereocenters. The normalized spacial score (nSPS) is 11.5. The molecule has 0 fully saturated rings. The third-order valence-corrected chi connectivity index (χ3v) is 4.31. The summed E-state index contributed by atoms with van der Waals surface area (Å²) in [7, 11) is 1.71. The van der Waals surface area contributed by atoms with Crippen molar-refractivity contribution >= 4 is 40.8 Å². The van der Waals surface area contributed by atoms with Gasteiger partial charge in [0.05, 0.1) is 21.7 Å². The molecule has 0 saturated carbocycles. The Morgan fingerprint density at radius 3 is 2.52 bits per heavy atom. The van der Waals surface area contributed by atoms with Crippen molar-refractivity contribution in [3.05, 3.63) is 63.6 Å². The van der Waals surface area contributed by atoms with E-state index in [-0.39, 0.29) is 12.6 Å². The van der Waals surface area contributed by atoms with E-state index in [2.05, 4.69) is 10.6 Å². The molecule has 2 rings (SSSR count). The van der Waals surface area contributed by atoms with E-state index in [0.717, 1.165) is 5.56 Å². The first-order valence-corrected chi connectivity index (χ1v) is 8.36. The van der Waals surface area contributed by atoms with Crippen LogP contribution < -0.4 is 10.6 Å². The van der Waals surface area contributed by atoms with Crippen molar-refractivity contribution in [1.29, 1.82) is 0 Å². The first-order chi connectivity index (χ1) is 11.9. The molecule has 0 bridgehead atoms. The number of hydrogen-bond donors (Lipinski definition) is 2. The lowest BCUT2D eigenvalue weighted by Gasteiger charge is -2.15. The van der Waals surface area contributed by atoms with E-state index in [9.17, 15) is 9.59 Å². The van der Waals surface area contributed by atoms with Crippen molar-refractivity contribution < 1.29 is 14.3 Å². The average molecular weight is 381 g/mol. The van der Waals surface area contributed by atoms with Crippen LogP contribution in [-0.4, -0.2) is 25.5 Å². The largest absolute Gasteiger partial charge is 0.452 e. The van der Waals surface area contributed by atoms with Crippen LogP contribution in [0.25, 0.3) is 0 Å². The molecule has 132 valence electrons. The highest BCUT2D eigenvalue weighted by atomic mass is 35.5. The van der Waals surface area contributed by atoms with Gasteiger partial charge in [0.15, 0.2) is 6.61 Å². The molecule has 0 aliphatic heterocycles. The van der Waals surface area contributed by atoms with E-state index in [4.69, 9.17) is 27.9 Å². The number of hydrogen-bond acceptors (Lipinski definition) is 4. The maximum atomic E-state index is 12.1. The van der Waals surface area contributed by atoms with E-state index < -0.39 is 11.9 Å². The number of carbonyl (C=O) groups excluding carboxylic acids is 2. The Morgan fingerprint density at radius 2 is 1.84 bits per heavy atom. The summed E-state index contributed by atoms with van der Waals surface area (Å²) >= 11 is 11.9. The zero-order valence-corrected chi connectivity index (χ0v) is 15.3. The molecule has 25 heavy (non-hydrogen) atoms. The molecule has 5 nitrogen and oxygen atoms in total. The van der Waals surface area contributed by atoms with E-state index in [1.807, 2.05) is 0 Å². The van der Waals surface area contributed by atoms with Gasteiger partial charge in [-0.2, -0.15) is 0 Å². The number of esters is 1. The fraction of sp³-hybridized carbons (Fsp3) is 0.222. The Bertz CT molecular complexity index is 781. The molecular weight excluding hydrogens is 363 g/mol. The van der Waals surface area contributed by atoms with Crippen molar-refractivity contribution in [3.8, 4) is 0 Å². The molecule has 0 aromatic heterocycles. The van der Waals surface area contributed by atoms with Gasteiger partial charge in [-0.3, -0.25) is 4.79 Å². The summed E-state index contributed by atoms with van der Waals surface area (Å²) < 4.78 is 5.07. The Morgan fingerprint density at radius 1 is 1.12 bits per heavy atom. The lowest BCUT2D eigenvalue weighted by atomic mass is 10.1. The van der Waals surface area contributed by atoms with E-state index >= 15 is 0 Å². The summed E-state index contributed by atoms with van der Waals surface area (Å²) in [6.07, 6.45) is 0. The van der Waals surface area contributed by atoms with Crippen LogP contribution in [0.5, 0.6) is 0 Å². The van der Waals surface area contributed by atoms with Crippen LogP contribution in [0.15, 0.2) is 42.5 Å². The number of halogens is 2. The van der Waals surface area contributed by atoms with Gasteiger partial charge < -0.3 is 15.4 Å². The lowest BCUT2D eigenvalue weighted by molar-refractivity contribution is -0.124. The summed E-state index contributed by atoms with van der Waals surface area (Å²) in [6.45, 7) is 1.43. The van der Waals surface area contributed by atoms with Gasteiger partial charge in [-0.25, -0.2) is 4.79 Å². The van der Waals surface area contributed by atoms with Gasteiger partial charge in [0, 0.05) is 12.7 Å². The molecule has 2 aromatic rings. The SMILES string of the molecule is CNc1ccccc1C(=O)OCC(=O)NC(C)c1ccc(Cl)c(Cl)c1. The number of para-hydroxylation sites is 1. The van der Waals surface area contributed by atoms with Gasteiger partial charge >= 0.3 is 5.97 Å². The number of anilines is 1. The third-order valence-electron chi connectivity index (χ3n) is 3.57. The van der Waals surface area contributed by atoms with E-state index in [0.29, 0.717) is 21.3 Å². The predicted octanol–water partition coefficient (Wildman–Crippen LogP) is 4.07. The number of benzene rings is 2. The smallest absolute Gasteiger partial charge is 0.340 e. The maximum Gasteiger partial charge on any atom is 0.340 e. The van der Waals surface area contributed by atoms with Crippen molar-refractivity contribution in [2.45, 2.75) is 13.0 Å². The maximum absolute atomic E-state index is 12.1. The number of amides is 1. The van der Waals surface area contributed by atoms with Crippen LogP contribution >= 0.6 is 23.2 Å². The zero-order valence-electron chi connectivity index (χ0n) is 13.8. The van der Waals surface area contributed by atoms with Gasteiger partial charge in [0.25, 0.3) is 5.91 Å². The molecule has 0 radical (unpaired) electrons. The lowest BCUT2D eigenvalue weighted by Crippen LogP contribution is -2.31. The van der Waals surface area contributed by atoms with Crippen LogP contribution in [0.3, 0.4) is 0 Å². The number of rotatable bonds is 6. The van der Waals surface area contributed by atoms with Crippen molar-refractivity contribution in [2.75, 3.05) is 19.0 Å². The highest BCUT2D eigenvalue weighted by Crippen LogP contribution is 2.25. The molecule has 1 amide bonds. The standard InChI is InChI=1S/C18H18Cl2N2O3/c1-11(12-7-8-14(19)15(20)9-12)22-17(23)10-25-18(24)13-5-3-4-6-16(13)21-2/h3-9,11,21H,10H2,1-2H3,(H,22,23). The fourth-order valence-corrected chi connectivity index (χ4v) is 2.54. The van der Waals surface area contributed by atoms with Crippen LogP contribution in [0, 0.1) is 0 Å². The summed E-state index contributed by atoms with van der Waals surface area (Å²) in [4.78, 5) is 24.1. The van der Waals surface area contributed by atoms with Crippen LogP contribution in [0.1, 0.15) is 28.9 Å². The second-order valence-electron chi connectivity index (χ2n) is 5.33. The van der Waals surface area contributed by atoms with Crippen molar-refractivity contribution in [2.24, 2.45) is 0 Å². The third kappa shape index (κ3) is 5.11. The fourth-order valence-electron chi connectivity index (χ4n) is 2.24. The monoisotopic (exact) mass is 380 g/mol. The Kier molecular flexibility index (Phi) is 6.67. The first kappa shape index (κ1) is 19.1.